The minimum atomic E-state index is -1.38. The van der Waals surface area contributed by atoms with Crippen molar-refractivity contribution in [2.45, 2.75) is 19.6 Å². The Morgan fingerprint density at radius 3 is 2.50 bits per heavy atom. The number of aliphatic carboxylic acids is 1. The molecule has 4 rings (SSSR count). The maximum Gasteiger partial charge on any atom is 0.328 e. The number of alkyl halides is 1. The van der Waals surface area contributed by atoms with Gasteiger partial charge in [-0.2, -0.15) is 5.26 Å². The van der Waals surface area contributed by atoms with Crippen LogP contribution >= 0.6 is 0 Å². The molecule has 3 aromatic carbocycles. The Hall–Kier alpha value is -4.28. The predicted molar refractivity (Wildman–Crippen MR) is 127 cm³/mol. The number of anilines is 1. The van der Waals surface area contributed by atoms with Gasteiger partial charge in [0.25, 0.3) is 0 Å². The van der Waals surface area contributed by atoms with Gasteiger partial charge in [0.1, 0.15) is 5.82 Å². The number of carbonyl (C=O) groups is 1. The number of fused-ring (bicyclic) bond motifs is 1. The maximum atomic E-state index is 15.1. The van der Waals surface area contributed by atoms with Crippen molar-refractivity contribution in [3.05, 3.63) is 106 Å². The molecular formula is C27H21F2N3O2. The summed E-state index contributed by atoms with van der Waals surface area (Å²) in [6.07, 6.45) is 1.64. The highest BCUT2D eigenvalue weighted by atomic mass is 19.1. The Kier molecular flexibility index (Phi) is 6.53. The quantitative estimate of drug-likeness (QED) is 0.238. The summed E-state index contributed by atoms with van der Waals surface area (Å²) in [6.45, 7) is 1.91. The second-order valence-electron chi connectivity index (χ2n) is 7.74. The van der Waals surface area contributed by atoms with Crippen LogP contribution in [0.5, 0.6) is 0 Å². The number of carboxylic acids is 1. The first-order valence-corrected chi connectivity index (χ1v) is 10.7. The van der Waals surface area contributed by atoms with Crippen molar-refractivity contribution in [3.8, 4) is 6.07 Å². The largest absolute Gasteiger partial charge is 0.478 e. The number of nitrogens with zero attached hydrogens (tertiary/aromatic N) is 1. The summed E-state index contributed by atoms with van der Waals surface area (Å²) in [5, 5.41) is 18.0. The van der Waals surface area contributed by atoms with E-state index < -0.39 is 18.1 Å². The number of rotatable bonds is 6. The van der Waals surface area contributed by atoms with Crippen LogP contribution in [0, 0.1) is 17.1 Å². The molecule has 0 aromatic heterocycles. The van der Waals surface area contributed by atoms with Gasteiger partial charge in [0.2, 0.25) is 0 Å². The van der Waals surface area contributed by atoms with Crippen LogP contribution in [0.2, 0.25) is 0 Å². The lowest BCUT2D eigenvalue weighted by atomic mass is 9.86. The smallest absolute Gasteiger partial charge is 0.328 e. The van der Waals surface area contributed by atoms with Gasteiger partial charge in [0.15, 0.2) is 6.30 Å². The van der Waals surface area contributed by atoms with Crippen LogP contribution in [0.3, 0.4) is 0 Å². The molecule has 1 atom stereocenters. The third-order valence-corrected chi connectivity index (χ3v) is 5.64. The van der Waals surface area contributed by atoms with Crippen LogP contribution < -0.4 is 10.9 Å². The highest BCUT2D eigenvalue weighted by molar-refractivity contribution is 5.99. The number of halogens is 2. The average molecular weight is 457 g/mol. The van der Waals surface area contributed by atoms with Crippen molar-refractivity contribution in [2.24, 2.45) is 0 Å². The van der Waals surface area contributed by atoms with Crippen molar-refractivity contribution in [2.75, 3.05) is 5.43 Å². The Morgan fingerprint density at radius 1 is 1.12 bits per heavy atom. The number of nitriles is 1. The molecule has 170 valence electrons. The first-order chi connectivity index (χ1) is 16.4. The SMILES string of the molecule is CC/C(=C(/c1ccc(/C=C/C(=O)O)cc1)c1ccc2c(c1)C(F)NN2)c1ccc(C#N)cc1F. The Morgan fingerprint density at radius 2 is 1.85 bits per heavy atom. The van der Waals surface area contributed by atoms with Crippen molar-refractivity contribution in [1.29, 1.82) is 5.26 Å². The number of carboxylic acid groups (broad SMARTS) is 1. The Labute approximate surface area is 195 Å². The van der Waals surface area contributed by atoms with Gasteiger partial charge in [-0.15, -0.1) is 0 Å². The van der Waals surface area contributed by atoms with Crippen LogP contribution in [0.25, 0.3) is 17.2 Å². The van der Waals surface area contributed by atoms with E-state index in [2.05, 4.69) is 10.9 Å². The number of nitrogens with one attached hydrogen (secondary N) is 2. The molecule has 0 fully saturated rings. The van der Waals surface area contributed by atoms with Gasteiger partial charge in [0.05, 0.1) is 17.3 Å². The standard InChI is InChI=1S/C27H21F2N3O2/c1-2-20(21-10-5-17(15-30)13-23(21)28)26(18-7-3-16(4-8-18)6-12-25(33)34)19-9-11-24-22(14-19)27(29)32-31-24/h3-14,27,31-32H,2H2,1H3,(H,33,34)/b12-6+,26-20+. The molecule has 3 N–H and O–H groups in total. The lowest BCUT2D eigenvalue weighted by Gasteiger charge is -2.18. The fourth-order valence-corrected chi connectivity index (χ4v) is 4.04. The van der Waals surface area contributed by atoms with E-state index in [9.17, 15) is 9.18 Å². The third kappa shape index (κ3) is 4.58. The lowest BCUT2D eigenvalue weighted by Crippen LogP contribution is -2.14. The normalized spacial score (nSPS) is 15.4. The predicted octanol–water partition coefficient (Wildman–Crippen LogP) is 6.06. The fourth-order valence-electron chi connectivity index (χ4n) is 4.04. The monoisotopic (exact) mass is 457 g/mol. The molecular weight excluding hydrogens is 436 g/mol. The summed E-state index contributed by atoms with van der Waals surface area (Å²) in [7, 11) is 0. The molecule has 0 bridgehead atoms. The van der Waals surface area contributed by atoms with Crippen LogP contribution in [0.4, 0.5) is 14.5 Å². The molecule has 7 heteroatoms. The molecule has 0 amide bonds. The molecule has 0 saturated heterocycles. The van der Waals surface area contributed by atoms with E-state index >= 15 is 4.39 Å². The molecule has 1 unspecified atom stereocenters. The number of hydrogen-bond acceptors (Lipinski definition) is 4. The van der Waals surface area contributed by atoms with E-state index in [-0.39, 0.29) is 5.56 Å². The molecule has 0 radical (unpaired) electrons. The second kappa shape index (κ2) is 9.69. The molecule has 1 aliphatic heterocycles. The van der Waals surface area contributed by atoms with Crippen molar-refractivity contribution < 1.29 is 18.7 Å². The summed E-state index contributed by atoms with van der Waals surface area (Å²) in [5.74, 6) is -1.56. The zero-order valence-electron chi connectivity index (χ0n) is 18.3. The summed E-state index contributed by atoms with van der Waals surface area (Å²) >= 11 is 0. The first kappa shape index (κ1) is 22.9. The first-order valence-electron chi connectivity index (χ1n) is 10.7. The minimum Gasteiger partial charge on any atom is -0.478 e. The van der Waals surface area contributed by atoms with Gasteiger partial charge in [-0.3, -0.25) is 0 Å². The second-order valence-corrected chi connectivity index (χ2v) is 7.74. The van der Waals surface area contributed by atoms with Crippen LogP contribution in [-0.2, 0) is 4.79 Å². The van der Waals surface area contributed by atoms with E-state index in [0.29, 0.717) is 39.9 Å². The van der Waals surface area contributed by atoms with Gasteiger partial charge >= 0.3 is 5.97 Å². The minimum absolute atomic E-state index is 0.225. The fraction of sp³-hybridized carbons (Fsp3) is 0.111. The zero-order valence-corrected chi connectivity index (χ0v) is 18.3. The van der Waals surface area contributed by atoms with E-state index in [4.69, 9.17) is 10.4 Å². The molecule has 1 heterocycles. The van der Waals surface area contributed by atoms with Crippen LogP contribution in [0.15, 0.2) is 66.7 Å². The van der Waals surface area contributed by atoms with E-state index in [0.717, 1.165) is 17.2 Å². The summed E-state index contributed by atoms with van der Waals surface area (Å²) in [6, 6.07) is 18.8. The van der Waals surface area contributed by atoms with Gasteiger partial charge in [-0.25, -0.2) is 19.0 Å². The van der Waals surface area contributed by atoms with Gasteiger partial charge in [0, 0.05) is 17.2 Å². The van der Waals surface area contributed by atoms with Crippen molar-refractivity contribution in [1.82, 2.24) is 5.43 Å². The molecule has 3 aromatic rings. The Bertz CT molecular complexity index is 1360. The average Bonchev–Trinajstić information content (AvgIpc) is 3.22. The maximum absolute atomic E-state index is 15.1. The van der Waals surface area contributed by atoms with E-state index in [1.165, 1.54) is 12.1 Å². The molecule has 0 aliphatic carbocycles. The highest BCUT2D eigenvalue weighted by Gasteiger charge is 2.23. The third-order valence-electron chi connectivity index (χ3n) is 5.64. The van der Waals surface area contributed by atoms with E-state index in [1.807, 2.05) is 31.2 Å². The topological polar surface area (TPSA) is 85.2 Å². The van der Waals surface area contributed by atoms with Crippen molar-refractivity contribution >= 4 is 28.9 Å². The number of benzene rings is 3. The summed E-state index contributed by atoms with van der Waals surface area (Å²) < 4.78 is 29.4. The molecule has 34 heavy (non-hydrogen) atoms. The zero-order chi connectivity index (χ0) is 24.2. The van der Waals surface area contributed by atoms with Gasteiger partial charge in [-0.1, -0.05) is 43.3 Å². The van der Waals surface area contributed by atoms with Crippen LogP contribution in [-0.4, -0.2) is 11.1 Å². The molecule has 0 saturated carbocycles. The van der Waals surface area contributed by atoms with Crippen molar-refractivity contribution in [3.63, 3.8) is 0 Å². The van der Waals surface area contributed by atoms with E-state index in [1.54, 1.807) is 36.4 Å². The number of allylic oxidation sites excluding steroid dienone is 1. The number of hydrazine groups is 1. The van der Waals surface area contributed by atoms with Crippen LogP contribution in [0.1, 0.15) is 53.0 Å². The highest BCUT2D eigenvalue weighted by Crippen LogP contribution is 2.39. The molecule has 5 nitrogen and oxygen atoms in total. The number of hydrogen-bond donors (Lipinski definition) is 3. The van der Waals surface area contributed by atoms with Gasteiger partial charge in [-0.05, 0) is 64.6 Å². The summed E-state index contributed by atoms with van der Waals surface area (Å²) in [5.41, 5.74) is 10.6. The summed E-state index contributed by atoms with van der Waals surface area (Å²) in [4.78, 5) is 10.8. The lowest BCUT2D eigenvalue weighted by molar-refractivity contribution is -0.131. The molecule has 0 spiro atoms. The molecule has 1 aliphatic rings. The Balaban J connectivity index is 1.92. The van der Waals surface area contributed by atoms with Gasteiger partial charge < -0.3 is 10.5 Å².